The Morgan fingerprint density at radius 3 is 2.56 bits per heavy atom. The number of aryl methyl sites for hydroxylation is 1. The minimum absolute atomic E-state index is 0.0594. The summed E-state index contributed by atoms with van der Waals surface area (Å²) in [6.07, 6.45) is 2.67. The van der Waals surface area contributed by atoms with Gasteiger partial charge in [0.2, 0.25) is 10.0 Å². The minimum Gasteiger partial charge on any atom is -0.494 e. The number of rotatable bonds is 5. The minimum atomic E-state index is -3.64. The van der Waals surface area contributed by atoms with E-state index in [1.165, 1.54) is 47.8 Å². The summed E-state index contributed by atoms with van der Waals surface area (Å²) in [4.78, 5) is 28.2. The molecule has 0 bridgehead atoms. The molecule has 2 aromatic carbocycles. The molecule has 12 heteroatoms. The van der Waals surface area contributed by atoms with E-state index in [1.807, 2.05) is 6.92 Å². The zero-order valence-electron chi connectivity index (χ0n) is 18.9. The zero-order chi connectivity index (χ0) is 24.6. The van der Waals surface area contributed by atoms with Crippen LogP contribution in [0, 0.1) is 10.1 Å². The van der Waals surface area contributed by atoms with E-state index in [4.69, 9.17) is 4.74 Å². The smallest absolute Gasteiger partial charge is 0.279 e. The highest BCUT2D eigenvalue weighted by Crippen LogP contribution is 2.32. The molecule has 34 heavy (non-hydrogen) atoms. The lowest BCUT2D eigenvalue weighted by Gasteiger charge is -2.32. The summed E-state index contributed by atoms with van der Waals surface area (Å²) in [6.45, 7) is 2.39. The third-order valence-electron chi connectivity index (χ3n) is 5.93. The van der Waals surface area contributed by atoms with Crippen molar-refractivity contribution >= 4 is 43.2 Å². The lowest BCUT2D eigenvalue weighted by molar-refractivity contribution is -0.384. The molecule has 1 amide bonds. The first-order valence-electron chi connectivity index (χ1n) is 10.7. The van der Waals surface area contributed by atoms with Gasteiger partial charge in [0.25, 0.3) is 11.6 Å². The highest BCUT2D eigenvalue weighted by atomic mass is 32.2. The van der Waals surface area contributed by atoms with Crippen molar-refractivity contribution in [2.75, 3.05) is 13.7 Å². The van der Waals surface area contributed by atoms with E-state index in [0.717, 1.165) is 30.6 Å². The molecule has 10 nitrogen and oxygen atoms in total. The number of hydrogen-bond donors (Lipinski definition) is 0. The zero-order valence-corrected chi connectivity index (χ0v) is 20.6. The molecular weight excluding hydrogens is 480 g/mol. The molecule has 1 aliphatic heterocycles. The summed E-state index contributed by atoms with van der Waals surface area (Å²) >= 11 is 1.12. The number of non-ortho nitro benzene ring substituents is 1. The number of nitrogens with zero attached hydrogens (tertiary/aromatic N) is 4. The molecule has 0 N–H and O–H groups in total. The van der Waals surface area contributed by atoms with Gasteiger partial charge in [-0.1, -0.05) is 17.8 Å². The molecule has 1 aliphatic rings. The van der Waals surface area contributed by atoms with Crippen LogP contribution in [-0.2, 0) is 17.1 Å². The fraction of sp³-hybridized carbons (Fsp3) is 0.364. The number of aromatic nitrogens is 1. The molecule has 4 rings (SSSR count). The summed E-state index contributed by atoms with van der Waals surface area (Å²) in [5.74, 6) is -0.246. The summed E-state index contributed by atoms with van der Waals surface area (Å²) in [5.41, 5.74) is 0.701. The second-order valence-electron chi connectivity index (χ2n) is 8.10. The summed E-state index contributed by atoms with van der Waals surface area (Å²) < 4.78 is 35.0. The largest absolute Gasteiger partial charge is 0.494 e. The predicted octanol–water partition coefficient (Wildman–Crippen LogP) is 3.46. The Hall–Kier alpha value is -3.09. The molecule has 0 saturated carbocycles. The SMILES string of the molecule is COc1cc([N+](=O)[O-])cc2sc(=NC(=O)c3ccc(S(=O)(=O)N4CCCCC4C)cc3)n(C)c12. The highest BCUT2D eigenvalue weighted by Gasteiger charge is 2.31. The Kier molecular flexibility index (Phi) is 6.56. The van der Waals surface area contributed by atoms with Crippen molar-refractivity contribution in [1.82, 2.24) is 8.87 Å². The number of sulfonamides is 1. The van der Waals surface area contributed by atoms with Crippen LogP contribution < -0.4 is 9.54 Å². The lowest BCUT2D eigenvalue weighted by Crippen LogP contribution is -2.41. The maximum absolute atomic E-state index is 13.0. The molecule has 1 fully saturated rings. The number of nitro groups is 1. The van der Waals surface area contributed by atoms with E-state index >= 15 is 0 Å². The maximum Gasteiger partial charge on any atom is 0.279 e. The second kappa shape index (κ2) is 9.28. The van der Waals surface area contributed by atoms with E-state index in [-0.39, 0.29) is 22.2 Å². The number of benzene rings is 2. The molecule has 0 spiro atoms. The standard InChI is InChI=1S/C22H24N4O6S2/c1-14-6-4-5-11-25(14)34(30,31)17-9-7-15(8-10-17)21(27)23-22-24(2)20-18(32-3)12-16(26(28)29)13-19(20)33-22/h7-10,12-14H,4-6,11H2,1-3H3. The van der Waals surface area contributed by atoms with Gasteiger partial charge in [-0.05, 0) is 44.0 Å². The Bertz CT molecular complexity index is 1440. The van der Waals surface area contributed by atoms with E-state index in [1.54, 1.807) is 11.6 Å². The topological polar surface area (TPSA) is 124 Å². The third kappa shape index (κ3) is 4.36. The van der Waals surface area contributed by atoms with Crippen LogP contribution in [0.3, 0.4) is 0 Å². The first kappa shape index (κ1) is 24.0. The molecule has 0 aliphatic carbocycles. The number of nitro benzene ring substituents is 1. The molecular formula is C22H24N4O6S2. The van der Waals surface area contributed by atoms with Crippen LogP contribution in [0.15, 0.2) is 46.3 Å². The number of hydrogen-bond acceptors (Lipinski definition) is 7. The van der Waals surface area contributed by atoms with Crippen LogP contribution in [0.4, 0.5) is 5.69 Å². The molecule has 2 heterocycles. The van der Waals surface area contributed by atoms with Crippen LogP contribution in [0.25, 0.3) is 10.2 Å². The first-order valence-corrected chi connectivity index (χ1v) is 12.9. The molecule has 180 valence electrons. The number of fused-ring (bicyclic) bond motifs is 1. The maximum atomic E-state index is 13.0. The number of thiazole rings is 1. The number of ether oxygens (including phenoxy) is 1. The number of carbonyl (C=O) groups excluding carboxylic acids is 1. The van der Waals surface area contributed by atoms with Crippen LogP contribution >= 0.6 is 11.3 Å². The predicted molar refractivity (Wildman–Crippen MR) is 128 cm³/mol. The quantitative estimate of drug-likeness (QED) is 0.387. The lowest BCUT2D eigenvalue weighted by atomic mass is 10.1. The number of amides is 1. The van der Waals surface area contributed by atoms with Crippen molar-refractivity contribution < 1.29 is 22.9 Å². The van der Waals surface area contributed by atoms with Crippen LogP contribution in [0.1, 0.15) is 36.5 Å². The number of carbonyl (C=O) groups is 1. The average molecular weight is 505 g/mol. The van der Waals surface area contributed by atoms with Gasteiger partial charge in [0.15, 0.2) is 10.6 Å². The Morgan fingerprint density at radius 2 is 1.94 bits per heavy atom. The summed E-state index contributed by atoms with van der Waals surface area (Å²) in [7, 11) is -0.531. The number of piperidine rings is 1. The van der Waals surface area contributed by atoms with E-state index in [9.17, 15) is 23.3 Å². The van der Waals surface area contributed by atoms with Gasteiger partial charge in [-0.3, -0.25) is 14.9 Å². The van der Waals surface area contributed by atoms with Crippen molar-refractivity contribution in [3.05, 3.63) is 56.9 Å². The fourth-order valence-electron chi connectivity index (χ4n) is 4.08. The molecule has 1 unspecified atom stereocenters. The molecule has 1 aromatic heterocycles. The van der Waals surface area contributed by atoms with Gasteiger partial charge in [0, 0.05) is 31.3 Å². The van der Waals surface area contributed by atoms with Gasteiger partial charge in [-0.25, -0.2) is 8.42 Å². The van der Waals surface area contributed by atoms with Gasteiger partial charge in [0.1, 0.15) is 5.52 Å². The third-order valence-corrected chi connectivity index (χ3v) is 9.03. The van der Waals surface area contributed by atoms with Gasteiger partial charge in [0.05, 0.1) is 27.7 Å². The van der Waals surface area contributed by atoms with Crippen molar-refractivity contribution in [3.8, 4) is 5.75 Å². The Balaban J connectivity index is 1.67. The van der Waals surface area contributed by atoms with Gasteiger partial charge in [-0.15, -0.1) is 0 Å². The van der Waals surface area contributed by atoms with Crippen molar-refractivity contribution in [3.63, 3.8) is 0 Å². The van der Waals surface area contributed by atoms with Crippen LogP contribution in [0.5, 0.6) is 5.75 Å². The first-order chi connectivity index (χ1) is 16.1. The van der Waals surface area contributed by atoms with E-state index in [2.05, 4.69) is 4.99 Å². The Morgan fingerprint density at radius 1 is 1.24 bits per heavy atom. The van der Waals surface area contributed by atoms with Gasteiger partial charge >= 0.3 is 0 Å². The molecule has 0 radical (unpaired) electrons. The van der Waals surface area contributed by atoms with Crippen LogP contribution in [-0.4, -0.2) is 47.8 Å². The van der Waals surface area contributed by atoms with Crippen molar-refractivity contribution in [2.24, 2.45) is 12.0 Å². The average Bonchev–Trinajstić information content (AvgIpc) is 3.13. The number of methoxy groups -OCH3 is 1. The monoisotopic (exact) mass is 504 g/mol. The second-order valence-corrected chi connectivity index (χ2v) is 11.0. The van der Waals surface area contributed by atoms with Gasteiger partial charge in [-0.2, -0.15) is 9.30 Å². The summed E-state index contributed by atoms with van der Waals surface area (Å²) in [5, 5.41) is 11.2. The van der Waals surface area contributed by atoms with E-state index < -0.39 is 20.9 Å². The van der Waals surface area contributed by atoms with Gasteiger partial charge < -0.3 is 9.30 Å². The fourth-order valence-corrected chi connectivity index (χ4v) is 6.85. The van der Waals surface area contributed by atoms with E-state index in [0.29, 0.717) is 27.3 Å². The normalized spacial score (nSPS) is 17.7. The molecule has 1 saturated heterocycles. The molecule has 3 aromatic rings. The highest BCUT2D eigenvalue weighted by molar-refractivity contribution is 7.89. The Labute approximate surface area is 200 Å². The van der Waals surface area contributed by atoms with Crippen molar-refractivity contribution in [1.29, 1.82) is 0 Å². The molecule has 1 atom stereocenters. The van der Waals surface area contributed by atoms with Crippen LogP contribution in [0.2, 0.25) is 0 Å². The van der Waals surface area contributed by atoms with Crippen molar-refractivity contribution in [2.45, 2.75) is 37.1 Å². The summed E-state index contributed by atoms with van der Waals surface area (Å²) in [6, 6.07) is 8.43.